The van der Waals surface area contributed by atoms with Gasteiger partial charge in [0.25, 0.3) is 0 Å². The predicted octanol–water partition coefficient (Wildman–Crippen LogP) is 3.13. The highest BCUT2D eigenvalue weighted by Gasteiger charge is 2.23. The highest BCUT2D eigenvalue weighted by Crippen LogP contribution is 2.23. The fourth-order valence-corrected chi connectivity index (χ4v) is 3.67. The third-order valence-corrected chi connectivity index (χ3v) is 4.95. The van der Waals surface area contributed by atoms with Crippen LogP contribution in [0.4, 0.5) is 11.5 Å². The summed E-state index contributed by atoms with van der Waals surface area (Å²) in [7, 11) is 0. The smallest absolute Gasteiger partial charge is 0.234 e. The van der Waals surface area contributed by atoms with E-state index in [2.05, 4.69) is 34.0 Å². The van der Waals surface area contributed by atoms with Crippen molar-refractivity contribution < 1.29 is 9.53 Å². The molecule has 0 bridgehead atoms. The van der Waals surface area contributed by atoms with E-state index in [4.69, 9.17) is 4.74 Å². The Labute approximate surface area is 158 Å². The molecule has 1 aromatic heterocycles. The van der Waals surface area contributed by atoms with Crippen molar-refractivity contribution in [3.63, 3.8) is 0 Å². The first-order valence-corrected chi connectivity index (χ1v) is 9.70. The molecule has 0 radical (unpaired) electrons. The summed E-state index contributed by atoms with van der Waals surface area (Å²) in [5.41, 5.74) is 1.93. The first kappa shape index (κ1) is 18.7. The standard InChI is InChI=1S/C19H24N4O2S/c1-13-5-4-6-16(7-13)22-18(24)11-26-19-8-17(20-12-21-19)23-9-14(2)25-15(3)10-23/h4-8,12,14-15H,9-11H2,1-3H3,(H,22,24). The first-order valence-electron chi connectivity index (χ1n) is 8.71. The lowest BCUT2D eigenvalue weighted by Gasteiger charge is -2.36. The van der Waals surface area contributed by atoms with Crippen LogP contribution >= 0.6 is 11.8 Å². The molecule has 1 aliphatic rings. The Morgan fingerprint density at radius 2 is 2.04 bits per heavy atom. The molecule has 2 aromatic rings. The van der Waals surface area contributed by atoms with Gasteiger partial charge in [0, 0.05) is 24.8 Å². The van der Waals surface area contributed by atoms with Gasteiger partial charge < -0.3 is 15.0 Å². The first-order chi connectivity index (χ1) is 12.5. The van der Waals surface area contributed by atoms with E-state index in [1.54, 1.807) is 6.33 Å². The summed E-state index contributed by atoms with van der Waals surface area (Å²) in [6, 6.07) is 9.71. The molecule has 138 valence electrons. The molecule has 0 aliphatic carbocycles. The Kier molecular flexibility index (Phi) is 6.11. The Morgan fingerprint density at radius 3 is 2.77 bits per heavy atom. The number of ether oxygens (including phenoxy) is 1. The minimum atomic E-state index is -0.0469. The molecule has 2 heterocycles. The molecule has 1 amide bonds. The number of carbonyl (C=O) groups excluding carboxylic acids is 1. The minimum absolute atomic E-state index is 0.0469. The van der Waals surface area contributed by atoms with Crippen LogP contribution in [0.1, 0.15) is 19.4 Å². The number of nitrogens with one attached hydrogen (secondary N) is 1. The molecule has 3 rings (SSSR count). The zero-order valence-corrected chi connectivity index (χ0v) is 16.1. The number of aryl methyl sites for hydroxylation is 1. The predicted molar refractivity (Wildman–Crippen MR) is 105 cm³/mol. The second-order valence-corrected chi connectivity index (χ2v) is 7.58. The Hall–Kier alpha value is -2.12. The van der Waals surface area contributed by atoms with Crippen LogP contribution in [0.25, 0.3) is 0 Å². The number of nitrogens with zero attached hydrogens (tertiary/aromatic N) is 3. The maximum atomic E-state index is 12.2. The number of benzene rings is 1. The molecule has 1 N–H and O–H groups in total. The van der Waals surface area contributed by atoms with E-state index in [1.807, 2.05) is 37.3 Å². The number of aromatic nitrogens is 2. The van der Waals surface area contributed by atoms with E-state index >= 15 is 0 Å². The average Bonchev–Trinajstić information content (AvgIpc) is 2.59. The Balaban J connectivity index is 1.57. The zero-order chi connectivity index (χ0) is 18.5. The topological polar surface area (TPSA) is 67.4 Å². The summed E-state index contributed by atoms with van der Waals surface area (Å²) in [5, 5.41) is 3.71. The number of hydrogen-bond acceptors (Lipinski definition) is 6. The van der Waals surface area contributed by atoms with E-state index < -0.39 is 0 Å². The Bertz CT molecular complexity index is 761. The fraction of sp³-hybridized carbons (Fsp3) is 0.421. The van der Waals surface area contributed by atoms with Gasteiger partial charge in [-0.3, -0.25) is 4.79 Å². The number of amides is 1. The summed E-state index contributed by atoms with van der Waals surface area (Å²) in [4.78, 5) is 23.0. The number of thioether (sulfide) groups is 1. The molecule has 2 unspecified atom stereocenters. The molecule has 1 fully saturated rings. The van der Waals surface area contributed by atoms with Gasteiger partial charge in [0.05, 0.1) is 18.0 Å². The van der Waals surface area contributed by atoms with Crippen LogP contribution in [-0.4, -0.2) is 46.9 Å². The molecule has 26 heavy (non-hydrogen) atoms. The number of morpholine rings is 1. The summed E-state index contributed by atoms with van der Waals surface area (Å²) >= 11 is 1.41. The van der Waals surface area contributed by atoms with E-state index in [0.29, 0.717) is 5.75 Å². The molecular weight excluding hydrogens is 348 g/mol. The molecule has 1 aromatic carbocycles. The Morgan fingerprint density at radius 1 is 1.27 bits per heavy atom. The molecule has 6 nitrogen and oxygen atoms in total. The highest BCUT2D eigenvalue weighted by molar-refractivity contribution is 7.99. The van der Waals surface area contributed by atoms with Crippen molar-refractivity contribution >= 4 is 29.2 Å². The molecule has 2 atom stereocenters. The van der Waals surface area contributed by atoms with Gasteiger partial charge in [-0.05, 0) is 38.5 Å². The summed E-state index contributed by atoms with van der Waals surface area (Å²) < 4.78 is 5.77. The molecular formula is C19H24N4O2S. The number of rotatable bonds is 5. The molecule has 1 saturated heterocycles. The highest BCUT2D eigenvalue weighted by atomic mass is 32.2. The lowest BCUT2D eigenvalue weighted by atomic mass is 10.2. The summed E-state index contributed by atoms with van der Waals surface area (Å²) in [6.45, 7) is 7.74. The number of hydrogen-bond donors (Lipinski definition) is 1. The van der Waals surface area contributed by atoms with Crippen molar-refractivity contribution in [3.05, 3.63) is 42.2 Å². The van der Waals surface area contributed by atoms with E-state index in [9.17, 15) is 4.79 Å². The van der Waals surface area contributed by atoms with Crippen LogP contribution in [-0.2, 0) is 9.53 Å². The van der Waals surface area contributed by atoms with Crippen molar-refractivity contribution in [1.82, 2.24) is 9.97 Å². The maximum Gasteiger partial charge on any atom is 0.234 e. The van der Waals surface area contributed by atoms with Gasteiger partial charge >= 0.3 is 0 Å². The third-order valence-electron chi connectivity index (χ3n) is 4.02. The lowest BCUT2D eigenvalue weighted by Crippen LogP contribution is -2.45. The van der Waals surface area contributed by atoms with Gasteiger partial charge in [-0.15, -0.1) is 0 Å². The van der Waals surface area contributed by atoms with Crippen molar-refractivity contribution in [2.45, 2.75) is 38.0 Å². The summed E-state index contributed by atoms with van der Waals surface area (Å²) in [6.07, 6.45) is 1.90. The third kappa shape index (κ3) is 5.19. The van der Waals surface area contributed by atoms with Gasteiger partial charge in [-0.2, -0.15) is 0 Å². The van der Waals surface area contributed by atoms with Crippen LogP contribution in [0.2, 0.25) is 0 Å². The SMILES string of the molecule is Cc1cccc(NC(=O)CSc2cc(N3CC(C)OC(C)C3)ncn2)c1. The molecule has 0 spiro atoms. The second-order valence-electron chi connectivity index (χ2n) is 6.58. The normalized spacial score (nSPS) is 20.0. The molecule has 0 saturated carbocycles. The van der Waals surface area contributed by atoms with Crippen LogP contribution in [0.5, 0.6) is 0 Å². The van der Waals surface area contributed by atoms with E-state index in [1.165, 1.54) is 11.8 Å². The largest absolute Gasteiger partial charge is 0.372 e. The van der Waals surface area contributed by atoms with Crippen LogP contribution in [0.3, 0.4) is 0 Å². The lowest BCUT2D eigenvalue weighted by molar-refractivity contribution is -0.113. The van der Waals surface area contributed by atoms with Crippen molar-refractivity contribution in [2.24, 2.45) is 0 Å². The van der Waals surface area contributed by atoms with Gasteiger partial charge in [0.2, 0.25) is 5.91 Å². The van der Waals surface area contributed by atoms with Crippen molar-refractivity contribution in [3.8, 4) is 0 Å². The average molecular weight is 372 g/mol. The van der Waals surface area contributed by atoms with E-state index in [-0.39, 0.29) is 18.1 Å². The van der Waals surface area contributed by atoms with Crippen molar-refractivity contribution in [1.29, 1.82) is 0 Å². The summed E-state index contributed by atoms with van der Waals surface area (Å²) in [5.74, 6) is 1.14. The van der Waals surface area contributed by atoms with Crippen LogP contribution in [0, 0.1) is 6.92 Å². The molecule has 7 heteroatoms. The van der Waals surface area contributed by atoms with Gasteiger partial charge in [-0.25, -0.2) is 9.97 Å². The quantitative estimate of drug-likeness (QED) is 0.642. The minimum Gasteiger partial charge on any atom is -0.372 e. The second kappa shape index (κ2) is 8.51. The van der Waals surface area contributed by atoms with E-state index in [0.717, 1.165) is 35.2 Å². The van der Waals surface area contributed by atoms with Crippen molar-refractivity contribution in [2.75, 3.05) is 29.1 Å². The maximum absolute atomic E-state index is 12.2. The van der Waals surface area contributed by atoms with Gasteiger partial charge in [0.1, 0.15) is 17.2 Å². The van der Waals surface area contributed by atoms with Crippen LogP contribution in [0.15, 0.2) is 41.7 Å². The zero-order valence-electron chi connectivity index (χ0n) is 15.3. The van der Waals surface area contributed by atoms with Crippen LogP contribution < -0.4 is 10.2 Å². The van der Waals surface area contributed by atoms with Gasteiger partial charge in [-0.1, -0.05) is 23.9 Å². The molecule has 1 aliphatic heterocycles. The van der Waals surface area contributed by atoms with Gasteiger partial charge in [0.15, 0.2) is 0 Å². The fourth-order valence-electron chi connectivity index (χ4n) is 3.01. The monoisotopic (exact) mass is 372 g/mol. The number of carbonyl (C=O) groups is 1. The number of anilines is 2.